The summed E-state index contributed by atoms with van der Waals surface area (Å²) in [6.07, 6.45) is -3.09. The van der Waals surface area contributed by atoms with E-state index < -0.39 is 35.4 Å². The summed E-state index contributed by atoms with van der Waals surface area (Å²) in [5, 5.41) is 9.83. The first-order valence-corrected chi connectivity index (χ1v) is 10.9. The van der Waals surface area contributed by atoms with Gasteiger partial charge < -0.3 is 14.6 Å². The van der Waals surface area contributed by atoms with Gasteiger partial charge in [0.05, 0.1) is 11.0 Å². The molecule has 9 nitrogen and oxygen atoms in total. The number of anilines is 1. The predicted molar refractivity (Wildman–Crippen MR) is 124 cm³/mol. The highest BCUT2D eigenvalue weighted by Gasteiger charge is 2.39. The molecule has 0 aliphatic carbocycles. The second kappa shape index (κ2) is 8.73. The minimum atomic E-state index is -1.42. The molecule has 1 N–H and O–H groups in total. The maximum Gasteiger partial charge on any atom is 0.427 e. The molecule has 0 bridgehead atoms. The molecular weight excluding hydrogens is 482 g/mol. The Morgan fingerprint density at radius 2 is 1.59 bits per heavy atom. The van der Waals surface area contributed by atoms with Crippen LogP contribution in [0, 0.1) is 5.41 Å². The van der Waals surface area contributed by atoms with Crippen LogP contribution in [0.1, 0.15) is 61.8 Å². The van der Waals surface area contributed by atoms with Crippen molar-refractivity contribution >= 4 is 51.2 Å². The van der Waals surface area contributed by atoms with Crippen molar-refractivity contribution in [3.63, 3.8) is 0 Å². The third kappa shape index (κ3) is 6.44. The van der Waals surface area contributed by atoms with E-state index in [1.54, 1.807) is 46.8 Å². The second-order valence-electron chi connectivity index (χ2n) is 10.3. The molecular formula is C22H30BrN3O6. The third-order valence-electron chi connectivity index (χ3n) is 4.07. The van der Waals surface area contributed by atoms with E-state index in [2.05, 4.69) is 20.9 Å². The third-order valence-corrected chi connectivity index (χ3v) is 4.56. The molecule has 1 aromatic carbocycles. The quantitative estimate of drug-likeness (QED) is 0.505. The van der Waals surface area contributed by atoms with E-state index in [4.69, 9.17) is 9.47 Å². The average Bonchev–Trinajstić information content (AvgIpc) is 2.87. The Hall–Kier alpha value is -2.62. The number of imidazole rings is 1. The molecule has 0 atom stereocenters. The van der Waals surface area contributed by atoms with E-state index in [9.17, 15) is 19.5 Å². The van der Waals surface area contributed by atoms with Crippen molar-refractivity contribution in [2.24, 2.45) is 5.41 Å². The number of hydrogen-bond donors (Lipinski definition) is 1. The smallest absolute Gasteiger partial charge is 0.427 e. The normalized spacial score (nSPS) is 12.5. The highest BCUT2D eigenvalue weighted by atomic mass is 79.9. The van der Waals surface area contributed by atoms with Crippen LogP contribution in [-0.2, 0) is 9.47 Å². The number of hydrogen-bond acceptors (Lipinski definition) is 6. The zero-order chi connectivity index (χ0) is 24.6. The lowest BCUT2D eigenvalue weighted by molar-refractivity contribution is 0.0111. The van der Waals surface area contributed by atoms with Crippen molar-refractivity contribution in [1.29, 1.82) is 0 Å². The summed E-state index contributed by atoms with van der Waals surface area (Å²) in [5.41, 5.74) is -1.59. The SMILES string of the molecule is CC(C)(C)CC(C)(C)OC(=O)N(C(=O)OC(C)(C)C)c1nc2cc(Br)ccc2n1C(=O)O. The maximum absolute atomic E-state index is 13.2. The molecule has 32 heavy (non-hydrogen) atoms. The summed E-state index contributed by atoms with van der Waals surface area (Å²) >= 11 is 3.31. The standard InChI is InChI=1S/C22H30BrN3O6/c1-20(2,3)12-22(7,8)32-19(30)26(18(29)31-21(4,5)6)16-24-14-11-13(23)9-10-15(14)25(16)17(27)28/h9-11H,12H2,1-8H3,(H,27,28). The lowest BCUT2D eigenvalue weighted by atomic mass is 9.84. The second-order valence-corrected chi connectivity index (χ2v) is 11.3. The molecule has 0 fully saturated rings. The Morgan fingerprint density at radius 1 is 1.03 bits per heavy atom. The number of imide groups is 1. The zero-order valence-corrected chi connectivity index (χ0v) is 21.2. The molecule has 2 rings (SSSR count). The maximum atomic E-state index is 13.2. The number of fused-ring (bicyclic) bond motifs is 1. The Bertz CT molecular complexity index is 1050. The summed E-state index contributed by atoms with van der Waals surface area (Å²) < 4.78 is 12.4. The number of carbonyl (C=O) groups excluding carboxylic acids is 2. The number of carboxylic acid groups (broad SMARTS) is 1. The summed E-state index contributed by atoms with van der Waals surface area (Å²) in [7, 11) is 0. The molecule has 176 valence electrons. The first-order chi connectivity index (χ1) is 14.4. The number of amides is 2. The van der Waals surface area contributed by atoms with Gasteiger partial charge in [-0.05, 0) is 64.7 Å². The van der Waals surface area contributed by atoms with Gasteiger partial charge >= 0.3 is 18.3 Å². The summed E-state index contributed by atoms with van der Waals surface area (Å²) in [6.45, 7) is 14.3. The van der Waals surface area contributed by atoms with E-state index >= 15 is 0 Å². The van der Waals surface area contributed by atoms with Crippen molar-refractivity contribution in [3.05, 3.63) is 22.7 Å². The Balaban J connectivity index is 2.62. The fourth-order valence-electron chi connectivity index (χ4n) is 3.52. The molecule has 1 heterocycles. The van der Waals surface area contributed by atoms with Crippen LogP contribution in [0.25, 0.3) is 11.0 Å². The number of benzene rings is 1. The van der Waals surface area contributed by atoms with Crippen LogP contribution < -0.4 is 4.90 Å². The molecule has 0 unspecified atom stereocenters. The van der Waals surface area contributed by atoms with Crippen LogP contribution >= 0.6 is 15.9 Å². The van der Waals surface area contributed by atoms with Crippen LogP contribution in [0.15, 0.2) is 22.7 Å². The number of aromatic nitrogens is 2. The number of rotatable bonds is 3. The van der Waals surface area contributed by atoms with Crippen LogP contribution in [-0.4, -0.2) is 44.1 Å². The zero-order valence-electron chi connectivity index (χ0n) is 19.6. The summed E-state index contributed by atoms with van der Waals surface area (Å²) in [6, 6.07) is 4.74. The van der Waals surface area contributed by atoms with Gasteiger partial charge in [0.25, 0.3) is 0 Å². The van der Waals surface area contributed by atoms with Crippen LogP contribution in [0.5, 0.6) is 0 Å². The number of ether oxygens (including phenoxy) is 2. The van der Waals surface area contributed by atoms with Crippen molar-refractivity contribution in [2.45, 2.75) is 73.0 Å². The minimum absolute atomic E-state index is 0.166. The Kier molecular flexibility index (Phi) is 6.99. The van der Waals surface area contributed by atoms with Gasteiger partial charge in [-0.3, -0.25) is 0 Å². The van der Waals surface area contributed by atoms with E-state index in [1.807, 2.05) is 20.8 Å². The molecule has 1 aromatic heterocycles. The van der Waals surface area contributed by atoms with E-state index in [0.717, 1.165) is 4.57 Å². The van der Waals surface area contributed by atoms with Gasteiger partial charge in [0.15, 0.2) is 0 Å². The molecule has 2 amide bonds. The molecule has 10 heteroatoms. The highest BCUT2D eigenvalue weighted by molar-refractivity contribution is 9.10. The molecule has 0 radical (unpaired) electrons. The Morgan fingerprint density at radius 3 is 2.09 bits per heavy atom. The largest absolute Gasteiger partial charge is 0.464 e. The molecule has 0 spiro atoms. The fraction of sp³-hybridized carbons (Fsp3) is 0.545. The van der Waals surface area contributed by atoms with Gasteiger partial charge in [-0.25, -0.2) is 23.9 Å². The monoisotopic (exact) mass is 511 g/mol. The first kappa shape index (κ1) is 25.6. The molecule has 0 aliphatic rings. The molecule has 0 saturated heterocycles. The van der Waals surface area contributed by atoms with Gasteiger partial charge in [0.1, 0.15) is 11.2 Å². The van der Waals surface area contributed by atoms with Gasteiger partial charge in [-0.1, -0.05) is 36.7 Å². The minimum Gasteiger partial charge on any atom is -0.464 e. The summed E-state index contributed by atoms with van der Waals surface area (Å²) in [4.78, 5) is 43.1. The van der Waals surface area contributed by atoms with Gasteiger partial charge in [-0.2, -0.15) is 0 Å². The van der Waals surface area contributed by atoms with Crippen molar-refractivity contribution in [3.8, 4) is 0 Å². The van der Waals surface area contributed by atoms with Gasteiger partial charge in [0, 0.05) is 4.47 Å². The van der Waals surface area contributed by atoms with Crippen molar-refractivity contribution in [1.82, 2.24) is 9.55 Å². The topological polar surface area (TPSA) is 111 Å². The highest BCUT2D eigenvalue weighted by Crippen LogP contribution is 2.32. The summed E-state index contributed by atoms with van der Waals surface area (Å²) in [5.74, 6) is -0.434. The molecule has 0 aliphatic heterocycles. The van der Waals surface area contributed by atoms with Crippen LogP contribution in [0.3, 0.4) is 0 Å². The Labute approximate surface area is 195 Å². The van der Waals surface area contributed by atoms with E-state index in [1.165, 1.54) is 6.07 Å². The first-order valence-electron chi connectivity index (χ1n) is 10.1. The van der Waals surface area contributed by atoms with Crippen molar-refractivity contribution in [2.75, 3.05) is 4.90 Å². The number of carbonyl (C=O) groups is 3. The lowest BCUT2D eigenvalue weighted by Gasteiger charge is -2.33. The lowest BCUT2D eigenvalue weighted by Crippen LogP contribution is -2.46. The van der Waals surface area contributed by atoms with Crippen LogP contribution in [0.2, 0.25) is 0 Å². The van der Waals surface area contributed by atoms with Crippen LogP contribution in [0.4, 0.5) is 20.3 Å². The average molecular weight is 512 g/mol. The molecule has 2 aromatic rings. The fourth-order valence-corrected chi connectivity index (χ4v) is 3.87. The van der Waals surface area contributed by atoms with E-state index in [-0.39, 0.29) is 16.4 Å². The molecule has 0 saturated carbocycles. The van der Waals surface area contributed by atoms with Gasteiger partial charge in [-0.15, -0.1) is 4.90 Å². The number of nitrogens with zero attached hydrogens (tertiary/aromatic N) is 3. The number of halogens is 1. The van der Waals surface area contributed by atoms with E-state index in [0.29, 0.717) is 15.8 Å². The van der Waals surface area contributed by atoms with Crippen molar-refractivity contribution < 1.29 is 29.0 Å². The predicted octanol–water partition coefficient (Wildman–Crippen LogP) is 6.42. The van der Waals surface area contributed by atoms with Gasteiger partial charge in [0.2, 0.25) is 5.95 Å².